The number of hydrogen-bond acceptors (Lipinski definition) is 4. The number of rotatable bonds is 9. The van der Waals surface area contributed by atoms with Gasteiger partial charge in [0.2, 0.25) is 6.41 Å². The van der Waals surface area contributed by atoms with Crippen molar-refractivity contribution in [1.29, 1.82) is 0 Å². The van der Waals surface area contributed by atoms with Crippen molar-refractivity contribution in [1.82, 2.24) is 14.7 Å². The van der Waals surface area contributed by atoms with Crippen LogP contribution in [0, 0.1) is 6.92 Å². The number of hydrogen-bond donors (Lipinski definition) is 0. The predicted octanol–water partition coefficient (Wildman–Crippen LogP) is 4.90. The van der Waals surface area contributed by atoms with Crippen LogP contribution >= 0.6 is 0 Å². The van der Waals surface area contributed by atoms with Crippen LogP contribution in [-0.4, -0.2) is 72.8 Å². The molecule has 0 aromatic heterocycles. The lowest BCUT2D eigenvalue weighted by atomic mass is 10.0. The summed E-state index contributed by atoms with van der Waals surface area (Å²) in [4.78, 5) is 23.9. The van der Waals surface area contributed by atoms with Crippen molar-refractivity contribution in [3.63, 3.8) is 0 Å². The van der Waals surface area contributed by atoms with Crippen LogP contribution in [-0.2, 0) is 11.2 Å². The summed E-state index contributed by atoms with van der Waals surface area (Å²) in [6.45, 7) is 11.2. The first-order chi connectivity index (χ1) is 16.0. The van der Waals surface area contributed by atoms with Crippen LogP contribution in [0.3, 0.4) is 0 Å². The number of likely N-dealkylation sites (N-methyl/N-ethyl adjacent to an activating group) is 2. The average Bonchev–Trinajstić information content (AvgIpc) is 3.04. The molecule has 1 heterocycles. The molecule has 1 aliphatic rings. The Hall–Kier alpha value is -2.50. The molecule has 5 heteroatoms. The summed E-state index contributed by atoms with van der Waals surface area (Å²) in [5, 5.41) is 0. The van der Waals surface area contributed by atoms with Crippen LogP contribution in [0.25, 0.3) is 0 Å². The minimum absolute atomic E-state index is 0.148. The summed E-state index contributed by atoms with van der Waals surface area (Å²) in [6.07, 6.45) is 5.06. The molecule has 0 radical (unpaired) electrons. The van der Waals surface area contributed by atoms with E-state index in [4.69, 9.17) is 4.99 Å². The number of amides is 1. The number of benzene rings is 2. The molecule has 33 heavy (non-hydrogen) atoms. The highest BCUT2D eigenvalue weighted by Gasteiger charge is 2.28. The summed E-state index contributed by atoms with van der Waals surface area (Å²) in [7, 11) is 2.19. The highest BCUT2D eigenvalue weighted by molar-refractivity contribution is 5.96. The number of carbonyl (C=O) groups excluding carboxylic acids is 1. The summed E-state index contributed by atoms with van der Waals surface area (Å²) >= 11 is 0. The second kappa shape index (κ2) is 12.7. The molecule has 2 aromatic carbocycles. The Bertz CT molecular complexity index is 911. The van der Waals surface area contributed by atoms with Crippen molar-refractivity contribution >= 4 is 17.9 Å². The third kappa shape index (κ3) is 6.99. The minimum atomic E-state index is 0.148. The molecule has 0 spiro atoms. The zero-order valence-electron chi connectivity index (χ0n) is 20.8. The fourth-order valence-electron chi connectivity index (χ4n) is 4.66. The second-order valence-corrected chi connectivity index (χ2v) is 9.14. The maximum Gasteiger partial charge on any atom is 0.215 e. The van der Waals surface area contributed by atoms with Gasteiger partial charge in [-0.3, -0.25) is 9.69 Å². The maximum atomic E-state index is 12.0. The average molecular weight is 449 g/mol. The van der Waals surface area contributed by atoms with Gasteiger partial charge in [-0.25, -0.2) is 4.99 Å². The van der Waals surface area contributed by atoms with Gasteiger partial charge in [0.15, 0.2) is 0 Å². The molecular formula is C28H40N4O. The van der Waals surface area contributed by atoms with Crippen LogP contribution in [0.15, 0.2) is 53.5 Å². The van der Waals surface area contributed by atoms with Gasteiger partial charge in [-0.1, -0.05) is 55.8 Å². The smallest absolute Gasteiger partial charge is 0.215 e. The van der Waals surface area contributed by atoms with Gasteiger partial charge in [0, 0.05) is 26.2 Å². The van der Waals surface area contributed by atoms with Crippen molar-refractivity contribution in [2.24, 2.45) is 4.99 Å². The Morgan fingerprint density at radius 2 is 1.85 bits per heavy atom. The van der Waals surface area contributed by atoms with E-state index in [1.54, 1.807) is 4.90 Å². The molecular weight excluding hydrogens is 408 g/mol. The first-order valence-electron chi connectivity index (χ1n) is 12.4. The van der Waals surface area contributed by atoms with Crippen molar-refractivity contribution in [3.8, 4) is 0 Å². The predicted molar refractivity (Wildman–Crippen MR) is 138 cm³/mol. The van der Waals surface area contributed by atoms with E-state index < -0.39 is 0 Å². The molecule has 1 saturated heterocycles. The lowest BCUT2D eigenvalue weighted by molar-refractivity contribution is -0.114. The molecule has 1 unspecified atom stereocenters. The van der Waals surface area contributed by atoms with Crippen LogP contribution in [0.5, 0.6) is 0 Å². The second-order valence-electron chi connectivity index (χ2n) is 9.14. The van der Waals surface area contributed by atoms with Gasteiger partial charge in [0.1, 0.15) is 5.84 Å². The molecule has 0 aliphatic carbocycles. The first kappa shape index (κ1) is 25.1. The van der Waals surface area contributed by atoms with E-state index in [9.17, 15) is 4.79 Å². The van der Waals surface area contributed by atoms with Gasteiger partial charge < -0.3 is 9.80 Å². The van der Waals surface area contributed by atoms with Crippen LogP contribution in [0.1, 0.15) is 49.8 Å². The molecule has 1 atom stereocenters. The van der Waals surface area contributed by atoms with Gasteiger partial charge in [-0.15, -0.1) is 0 Å². The monoisotopic (exact) mass is 448 g/mol. The summed E-state index contributed by atoms with van der Waals surface area (Å²) in [5.41, 5.74) is 4.69. The van der Waals surface area contributed by atoms with Crippen molar-refractivity contribution < 1.29 is 4.79 Å². The Kier molecular flexibility index (Phi) is 9.64. The Balaban J connectivity index is 1.93. The maximum absolute atomic E-state index is 12.0. The molecule has 178 valence electrons. The summed E-state index contributed by atoms with van der Waals surface area (Å²) in [6, 6.07) is 17.2. The van der Waals surface area contributed by atoms with Gasteiger partial charge >= 0.3 is 0 Å². The summed E-state index contributed by atoms with van der Waals surface area (Å²) < 4.78 is 0. The topological polar surface area (TPSA) is 39.2 Å². The lowest BCUT2D eigenvalue weighted by Crippen LogP contribution is -2.49. The zero-order chi connectivity index (χ0) is 23.6. The van der Waals surface area contributed by atoms with Crippen LogP contribution < -0.4 is 0 Å². The molecule has 1 fully saturated rings. The molecule has 2 aromatic rings. The van der Waals surface area contributed by atoms with E-state index >= 15 is 0 Å². The normalized spacial score (nSPS) is 16.9. The molecule has 0 saturated carbocycles. The third-order valence-corrected chi connectivity index (χ3v) is 6.56. The van der Waals surface area contributed by atoms with Gasteiger partial charge in [-0.05, 0) is 69.5 Å². The molecule has 1 aliphatic heterocycles. The fourth-order valence-corrected chi connectivity index (χ4v) is 4.66. The van der Waals surface area contributed by atoms with E-state index in [1.807, 2.05) is 6.92 Å². The highest BCUT2D eigenvalue weighted by atomic mass is 16.1. The third-order valence-electron chi connectivity index (χ3n) is 6.56. The molecule has 5 nitrogen and oxygen atoms in total. The number of carbonyl (C=O) groups is 1. The van der Waals surface area contributed by atoms with E-state index in [-0.39, 0.29) is 6.04 Å². The molecule has 1 amide bonds. The minimum Gasteiger partial charge on any atom is -0.305 e. The fraction of sp³-hybridized carbons (Fsp3) is 0.500. The number of nitrogens with zero attached hydrogens (tertiary/aromatic N) is 4. The standard InChI is InChI=1S/C28H40N4O/c1-5-11-27(32-17-10-16-30(4)18-19-32)28(31(6-2)22-33)29-26-15-14-25(20-23(26)3)21-24-12-8-7-9-13-24/h7-9,12-15,20,22,27H,5-6,10-11,16-19,21H2,1-4H3. The van der Waals surface area contributed by atoms with E-state index in [1.165, 1.54) is 11.1 Å². The van der Waals surface area contributed by atoms with E-state index in [0.29, 0.717) is 6.54 Å². The van der Waals surface area contributed by atoms with Crippen molar-refractivity contribution in [3.05, 3.63) is 65.2 Å². The number of aryl methyl sites for hydroxylation is 1. The largest absolute Gasteiger partial charge is 0.305 e. The van der Waals surface area contributed by atoms with E-state index in [2.05, 4.69) is 79.2 Å². The van der Waals surface area contributed by atoms with E-state index in [0.717, 1.165) is 75.4 Å². The quantitative estimate of drug-likeness (QED) is 0.311. The highest BCUT2D eigenvalue weighted by Crippen LogP contribution is 2.24. The van der Waals surface area contributed by atoms with Crippen LogP contribution in [0.2, 0.25) is 0 Å². The van der Waals surface area contributed by atoms with Gasteiger partial charge in [0.05, 0.1) is 11.7 Å². The molecule has 0 bridgehead atoms. The van der Waals surface area contributed by atoms with Crippen molar-refractivity contribution in [2.45, 2.75) is 52.5 Å². The van der Waals surface area contributed by atoms with Gasteiger partial charge in [-0.2, -0.15) is 0 Å². The van der Waals surface area contributed by atoms with Crippen LogP contribution in [0.4, 0.5) is 5.69 Å². The SMILES string of the molecule is CCCC(C(=Nc1ccc(Cc2ccccc2)cc1C)N(C=O)CC)N1CCCN(C)CC1. The van der Waals surface area contributed by atoms with Gasteiger partial charge in [0.25, 0.3) is 0 Å². The lowest BCUT2D eigenvalue weighted by Gasteiger charge is -2.34. The molecule has 0 N–H and O–H groups in total. The Morgan fingerprint density at radius 1 is 1.06 bits per heavy atom. The Morgan fingerprint density at radius 3 is 2.52 bits per heavy atom. The number of amidine groups is 1. The first-order valence-corrected chi connectivity index (χ1v) is 12.4. The Labute approximate surface area is 200 Å². The van der Waals surface area contributed by atoms with Crippen molar-refractivity contribution in [2.75, 3.05) is 39.8 Å². The zero-order valence-corrected chi connectivity index (χ0v) is 20.8. The number of aliphatic imine (C=N–C) groups is 1. The summed E-state index contributed by atoms with van der Waals surface area (Å²) in [5.74, 6) is 0.887. The molecule has 3 rings (SSSR count).